The van der Waals surface area contributed by atoms with E-state index in [2.05, 4.69) is 15.9 Å². The van der Waals surface area contributed by atoms with Crippen LogP contribution in [0.15, 0.2) is 34.8 Å². The summed E-state index contributed by atoms with van der Waals surface area (Å²) in [6.45, 7) is 0. The van der Waals surface area contributed by atoms with Gasteiger partial charge in [-0.05, 0) is 24.3 Å². The Hall–Kier alpha value is -0.970. The molecule has 2 aromatic rings. The second-order valence-corrected chi connectivity index (χ2v) is 5.87. The van der Waals surface area contributed by atoms with Gasteiger partial charge in [0.2, 0.25) is 0 Å². The van der Waals surface area contributed by atoms with Gasteiger partial charge in [-0.25, -0.2) is 4.39 Å². The zero-order valence-electron chi connectivity index (χ0n) is 11.3. The molecule has 0 spiro atoms. The monoisotopic (exact) mass is 392 g/mol. The highest BCUT2D eigenvalue weighted by molar-refractivity contribution is 9.10. The first-order valence-corrected chi connectivity index (χ1v) is 7.60. The Kier molecular flexibility index (Phi) is 5.36. The fourth-order valence-electron chi connectivity index (χ4n) is 2.03. The number of rotatable bonds is 4. The van der Waals surface area contributed by atoms with Crippen LogP contribution >= 0.6 is 39.1 Å². The van der Waals surface area contributed by atoms with Gasteiger partial charge in [0.05, 0.1) is 19.6 Å². The van der Waals surface area contributed by atoms with E-state index in [-0.39, 0.29) is 0 Å². The highest BCUT2D eigenvalue weighted by Gasteiger charge is 2.24. The Labute approximate surface area is 140 Å². The maximum Gasteiger partial charge on any atom is 0.146 e. The molecule has 6 heteroatoms. The maximum absolute atomic E-state index is 14.1. The van der Waals surface area contributed by atoms with E-state index >= 15 is 0 Å². The molecule has 0 amide bonds. The van der Waals surface area contributed by atoms with Crippen LogP contribution in [0.3, 0.4) is 0 Å². The molecule has 0 aliphatic rings. The lowest BCUT2D eigenvalue weighted by Gasteiger charge is -2.18. The molecule has 2 rings (SSSR count). The van der Waals surface area contributed by atoms with Crippen LogP contribution in [0, 0.1) is 5.82 Å². The first-order chi connectivity index (χ1) is 10.0. The molecule has 0 aliphatic heterocycles. The number of hydrogen-bond donors (Lipinski definition) is 0. The molecule has 112 valence electrons. The van der Waals surface area contributed by atoms with Gasteiger partial charge in [0.15, 0.2) is 0 Å². The van der Waals surface area contributed by atoms with Crippen molar-refractivity contribution in [2.75, 3.05) is 14.2 Å². The summed E-state index contributed by atoms with van der Waals surface area (Å²) < 4.78 is 25.1. The average molecular weight is 394 g/mol. The van der Waals surface area contributed by atoms with E-state index in [1.807, 2.05) is 0 Å². The number of alkyl halides is 1. The van der Waals surface area contributed by atoms with E-state index in [0.717, 1.165) is 0 Å². The highest BCUT2D eigenvalue weighted by atomic mass is 79.9. The summed E-state index contributed by atoms with van der Waals surface area (Å²) in [4.78, 5) is 0. The third-order valence-electron chi connectivity index (χ3n) is 3.04. The predicted octanol–water partition coefficient (Wildman–Crippen LogP) is 5.59. The normalized spacial score (nSPS) is 12.1. The first-order valence-electron chi connectivity index (χ1n) is 5.99. The molecule has 1 unspecified atom stereocenters. The molecule has 0 aromatic heterocycles. The Balaban J connectivity index is 2.59. The van der Waals surface area contributed by atoms with Crippen LogP contribution in [-0.4, -0.2) is 14.2 Å². The van der Waals surface area contributed by atoms with E-state index in [1.54, 1.807) is 24.3 Å². The average Bonchev–Trinajstić information content (AvgIpc) is 2.46. The molecular formula is C15H12BrCl2FO2. The zero-order chi connectivity index (χ0) is 15.6. The SMILES string of the molecule is COc1ccc(C(Cl)c2c(F)cccc2Br)c(OC)c1Cl. The van der Waals surface area contributed by atoms with Crippen molar-refractivity contribution in [2.45, 2.75) is 5.38 Å². The third kappa shape index (κ3) is 3.12. The van der Waals surface area contributed by atoms with Crippen LogP contribution in [0.4, 0.5) is 4.39 Å². The molecule has 2 nitrogen and oxygen atoms in total. The van der Waals surface area contributed by atoms with Gasteiger partial charge < -0.3 is 9.47 Å². The quantitative estimate of drug-likeness (QED) is 0.630. The maximum atomic E-state index is 14.1. The van der Waals surface area contributed by atoms with Crippen molar-refractivity contribution in [1.82, 2.24) is 0 Å². The second kappa shape index (κ2) is 6.86. The van der Waals surface area contributed by atoms with Crippen LogP contribution in [0.2, 0.25) is 5.02 Å². The van der Waals surface area contributed by atoms with Gasteiger partial charge in [-0.15, -0.1) is 11.6 Å². The molecule has 0 saturated carbocycles. The summed E-state index contributed by atoms with van der Waals surface area (Å²) in [5, 5.41) is -0.449. The van der Waals surface area contributed by atoms with E-state index in [9.17, 15) is 4.39 Å². The van der Waals surface area contributed by atoms with Crippen LogP contribution in [0.1, 0.15) is 16.5 Å². The number of benzene rings is 2. The fourth-order valence-corrected chi connectivity index (χ4v) is 3.45. The van der Waals surface area contributed by atoms with Crippen molar-refractivity contribution < 1.29 is 13.9 Å². The number of ether oxygens (including phenoxy) is 2. The topological polar surface area (TPSA) is 18.5 Å². The van der Waals surface area contributed by atoms with Gasteiger partial charge in [-0.1, -0.05) is 33.6 Å². The van der Waals surface area contributed by atoms with Crippen LogP contribution in [0.5, 0.6) is 11.5 Å². The molecule has 0 fully saturated rings. The Morgan fingerprint density at radius 3 is 2.43 bits per heavy atom. The van der Waals surface area contributed by atoms with Crippen LogP contribution in [-0.2, 0) is 0 Å². The van der Waals surface area contributed by atoms with Crippen molar-refractivity contribution in [2.24, 2.45) is 0 Å². The van der Waals surface area contributed by atoms with Crippen LogP contribution < -0.4 is 9.47 Å². The lowest BCUT2D eigenvalue weighted by molar-refractivity contribution is 0.391. The largest absolute Gasteiger partial charge is 0.495 e. The fraction of sp³-hybridized carbons (Fsp3) is 0.200. The van der Waals surface area contributed by atoms with Gasteiger partial charge >= 0.3 is 0 Å². The van der Waals surface area contributed by atoms with Gasteiger partial charge in [-0.3, -0.25) is 0 Å². The minimum Gasteiger partial charge on any atom is -0.495 e. The minimum atomic E-state index is -0.751. The van der Waals surface area contributed by atoms with Crippen molar-refractivity contribution >= 4 is 39.1 Å². The van der Waals surface area contributed by atoms with Crippen LogP contribution in [0.25, 0.3) is 0 Å². The van der Waals surface area contributed by atoms with Crippen molar-refractivity contribution in [3.05, 3.63) is 56.8 Å². The lowest BCUT2D eigenvalue weighted by atomic mass is 10.0. The van der Waals surface area contributed by atoms with E-state index in [1.165, 1.54) is 20.3 Å². The highest BCUT2D eigenvalue weighted by Crippen LogP contribution is 2.45. The Bertz CT molecular complexity index is 644. The molecule has 0 radical (unpaired) electrons. The molecule has 0 aliphatic carbocycles. The number of methoxy groups -OCH3 is 2. The molecule has 0 heterocycles. The third-order valence-corrected chi connectivity index (χ3v) is 4.55. The summed E-state index contributed by atoms with van der Waals surface area (Å²) >= 11 is 16.0. The Morgan fingerprint density at radius 1 is 1.14 bits per heavy atom. The molecule has 1 atom stereocenters. The summed E-state index contributed by atoms with van der Waals surface area (Å²) in [5.41, 5.74) is 0.898. The summed E-state index contributed by atoms with van der Waals surface area (Å²) in [6, 6.07) is 8.06. The summed E-state index contributed by atoms with van der Waals surface area (Å²) in [7, 11) is 2.98. The molecule has 0 bridgehead atoms. The van der Waals surface area contributed by atoms with Crippen molar-refractivity contribution in [3.8, 4) is 11.5 Å². The summed E-state index contributed by atoms with van der Waals surface area (Å²) in [5.74, 6) is 0.429. The van der Waals surface area contributed by atoms with Gasteiger partial charge in [0.25, 0.3) is 0 Å². The lowest BCUT2D eigenvalue weighted by Crippen LogP contribution is -2.02. The minimum absolute atomic E-state index is 0.301. The molecule has 2 aromatic carbocycles. The van der Waals surface area contributed by atoms with Gasteiger partial charge in [0.1, 0.15) is 22.3 Å². The van der Waals surface area contributed by atoms with Gasteiger partial charge in [0, 0.05) is 15.6 Å². The standard InChI is InChI=1S/C15H12BrCl2FO2/c1-20-11-7-6-8(15(21-2)14(11)18)13(17)12-9(16)4-3-5-10(12)19/h3-7,13H,1-2H3. The van der Waals surface area contributed by atoms with Crippen molar-refractivity contribution in [3.63, 3.8) is 0 Å². The molecule has 0 saturated heterocycles. The number of halogens is 4. The van der Waals surface area contributed by atoms with Gasteiger partial charge in [-0.2, -0.15) is 0 Å². The second-order valence-electron chi connectivity index (χ2n) is 4.20. The van der Waals surface area contributed by atoms with E-state index in [0.29, 0.717) is 32.1 Å². The van der Waals surface area contributed by atoms with E-state index < -0.39 is 11.2 Å². The predicted molar refractivity (Wildman–Crippen MR) is 86.4 cm³/mol. The molecular weight excluding hydrogens is 382 g/mol. The van der Waals surface area contributed by atoms with Crippen molar-refractivity contribution in [1.29, 1.82) is 0 Å². The first kappa shape index (κ1) is 16.4. The Morgan fingerprint density at radius 2 is 1.86 bits per heavy atom. The number of hydrogen-bond acceptors (Lipinski definition) is 2. The van der Waals surface area contributed by atoms with E-state index in [4.69, 9.17) is 32.7 Å². The smallest absolute Gasteiger partial charge is 0.146 e. The summed E-state index contributed by atoms with van der Waals surface area (Å²) in [6.07, 6.45) is 0. The zero-order valence-corrected chi connectivity index (χ0v) is 14.4. The molecule has 21 heavy (non-hydrogen) atoms. The molecule has 0 N–H and O–H groups in total.